The summed E-state index contributed by atoms with van der Waals surface area (Å²) in [7, 11) is 1.58. The first-order chi connectivity index (χ1) is 15.0. The minimum Gasteiger partial charge on any atom is -0.467 e. The number of carbonyl (C=O) groups is 1. The van der Waals surface area contributed by atoms with Crippen LogP contribution in [0.4, 0.5) is 0 Å². The van der Waals surface area contributed by atoms with Crippen molar-refractivity contribution in [1.29, 1.82) is 5.26 Å². The van der Waals surface area contributed by atoms with Crippen LogP contribution in [-0.4, -0.2) is 24.2 Å². The molecule has 2 heterocycles. The molecule has 0 fully saturated rings. The van der Waals surface area contributed by atoms with E-state index in [1.807, 2.05) is 30.3 Å². The first-order valence-corrected chi connectivity index (χ1v) is 11.0. The van der Waals surface area contributed by atoms with Gasteiger partial charge in [-0.3, -0.25) is 14.2 Å². The Morgan fingerprint density at radius 2 is 2.13 bits per heavy atom. The number of benzene rings is 1. The van der Waals surface area contributed by atoms with Crippen molar-refractivity contribution in [2.45, 2.75) is 19.5 Å². The molecule has 31 heavy (non-hydrogen) atoms. The van der Waals surface area contributed by atoms with Gasteiger partial charge in [0.2, 0.25) is 0 Å². The molecule has 0 atom stereocenters. The van der Waals surface area contributed by atoms with Gasteiger partial charge in [-0.2, -0.15) is 5.26 Å². The van der Waals surface area contributed by atoms with Crippen LogP contribution in [-0.2, 0) is 22.6 Å². The van der Waals surface area contributed by atoms with E-state index in [9.17, 15) is 14.9 Å². The van der Waals surface area contributed by atoms with Crippen LogP contribution >= 0.6 is 27.3 Å². The molecule has 0 saturated carbocycles. The fourth-order valence-corrected chi connectivity index (χ4v) is 4.24. The second kappa shape index (κ2) is 10.9. The molecule has 1 N–H and O–H groups in total. The molecule has 0 saturated heterocycles. The summed E-state index contributed by atoms with van der Waals surface area (Å²) in [6, 6.07) is 12.9. The Balaban J connectivity index is 2.06. The summed E-state index contributed by atoms with van der Waals surface area (Å²) in [6.07, 6.45) is 3.84. The van der Waals surface area contributed by atoms with Crippen molar-refractivity contribution in [3.05, 3.63) is 78.0 Å². The van der Waals surface area contributed by atoms with Gasteiger partial charge in [0.25, 0.3) is 11.5 Å². The molecule has 0 unspecified atom stereocenters. The molecule has 1 aromatic carbocycles. The number of aromatic nitrogens is 1. The third kappa shape index (κ3) is 5.82. The molecular weight excluding hydrogens is 482 g/mol. The van der Waals surface area contributed by atoms with Crippen LogP contribution in [0.2, 0.25) is 0 Å². The zero-order valence-electron chi connectivity index (χ0n) is 16.8. The molecule has 9 heteroatoms. The molecule has 1 amide bonds. The summed E-state index contributed by atoms with van der Waals surface area (Å²) in [4.78, 5) is 25.8. The zero-order chi connectivity index (χ0) is 22.2. The van der Waals surface area contributed by atoms with E-state index in [1.165, 1.54) is 10.8 Å². The Hall–Kier alpha value is -2.93. The number of hydrogen-bond acceptors (Lipinski definition) is 6. The largest absolute Gasteiger partial charge is 0.467 e. The van der Waals surface area contributed by atoms with Gasteiger partial charge in [0.1, 0.15) is 16.5 Å². The Kier molecular flexibility index (Phi) is 8.00. The highest BCUT2D eigenvalue weighted by Gasteiger charge is 2.16. The van der Waals surface area contributed by atoms with Crippen molar-refractivity contribution in [2.75, 3.05) is 13.7 Å². The van der Waals surface area contributed by atoms with Crippen molar-refractivity contribution in [3.8, 4) is 6.07 Å². The maximum atomic E-state index is 13.1. The number of thiazole rings is 1. The first kappa shape index (κ1) is 22.7. The fourth-order valence-electron chi connectivity index (χ4n) is 2.85. The molecule has 7 nitrogen and oxygen atoms in total. The fraction of sp³-hybridized carbons (Fsp3) is 0.227. The van der Waals surface area contributed by atoms with Gasteiger partial charge in [-0.15, -0.1) is 11.3 Å². The number of rotatable bonds is 8. The van der Waals surface area contributed by atoms with E-state index >= 15 is 0 Å². The highest BCUT2D eigenvalue weighted by molar-refractivity contribution is 9.10. The smallest absolute Gasteiger partial charge is 0.269 e. The van der Waals surface area contributed by atoms with Gasteiger partial charge in [0, 0.05) is 24.7 Å². The molecule has 0 radical (unpaired) electrons. The molecule has 160 valence electrons. The summed E-state index contributed by atoms with van der Waals surface area (Å²) < 4.78 is 13.5. The Morgan fingerprint density at radius 3 is 2.77 bits per heavy atom. The standard InChI is InChI=1S/C22H20BrN3O4S/c1-29-10-3-9-26-21(28)19(12-15-5-7-16(23)8-6-15)31-22(26)18(13-24)20(27)25-14-17-4-2-11-30-17/h2,4-8,11-12H,3,9-10,14H2,1H3,(H,25,27)/b19-12+,22-18+. The number of nitrogens with one attached hydrogen (secondary N) is 1. The highest BCUT2D eigenvalue weighted by atomic mass is 79.9. The van der Waals surface area contributed by atoms with Crippen molar-refractivity contribution in [3.63, 3.8) is 0 Å². The minimum absolute atomic E-state index is 0.110. The van der Waals surface area contributed by atoms with E-state index in [1.54, 1.807) is 25.3 Å². The predicted molar refractivity (Wildman–Crippen MR) is 122 cm³/mol. The lowest BCUT2D eigenvalue weighted by Gasteiger charge is -2.04. The topological polar surface area (TPSA) is 97.3 Å². The van der Waals surface area contributed by atoms with Crippen LogP contribution in [0.5, 0.6) is 0 Å². The van der Waals surface area contributed by atoms with E-state index < -0.39 is 5.91 Å². The lowest BCUT2D eigenvalue weighted by atomic mass is 10.2. The quantitative estimate of drug-likeness (QED) is 0.476. The lowest BCUT2D eigenvalue weighted by molar-refractivity contribution is -0.115. The number of ether oxygens (including phenoxy) is 1. The normalized spacial score (nSPS) is 12.5. The van der Waals surface area contributed by atoms with Gasteiger partial charge in [-0.1, -0.05) is 28.1 Å². The van der Waals surface area contributed by atoms with Crippen molar-refractivity contribution < 1.29 is 13.9 Å². The lowest BCUT2D eigenvalue weighted by Crippen LogP contribution is -2.35. The molecule has 0 spiro atoms. The molecule has 0 bridgehead atoms. The van der Waals surface area contributed by atoms with Gasteiger partial charge in [-0.25, -0.2) is 0 Å². The van der Waals surface area contributed by atoms with E-state index in [2.05, 4.69) is 21.2 Å². The van der Waals surface area contributed by atoms with Gasteiger partial charge < -0.3 is 14.5 Å². The first-order valence-electron chi connectivity index (χ1n) is 9.44. The second-order valence-electron chi connectivity index (χ2n) is 6.52. The molecule has 0 aliphatic rings. The number of amides is 1. The van der Waals surface area contributed by atoms with Crippen molar-refractivity contribution in [1.82, 2.24) is 9.88 Å². The number of carbonyl (C=O) groups excluding carboxylic acids is 1. The van der Waals surface area contributed by atoms with Crippen molar-refractivity contribution in [2.24, 2.45) is 0 Å². The molecule has 0 aliphatic carbocycles. The van der Waals surface area contributed by atoms with E-state index in [-0.39, 0.29) is 17.7 Å². The number of halogens is 1. The Bertz CT molecular complexity index is 1250. The van der Waals surface area contributed by atoms with Crippen molar-refractivity contribution >= 4 is 44.8 Å². The maximum Gasteiger partial charge on any atom is 0.269 e. The van der Waals surface area contributed by atoms with Gasteiger partial charge in [0.15, 0.2) is 5.57 Å². The second-order valence-corrected chi connectivity index (χ2v) is 8.47. The SMILES string of the molecule is COCCCn1c(=O)/c(=C\c2ccc(Br)cc2)s/c1=C(\C#N)C(=O)NCc1ccco1. The van der Waals surface area contributed by atoms with Gasteiger partial charge in [0.05, 0.1) is 17.3 Å². The molecule has 0 aliphatic heterocycles. The molecule has 3 rings (SSSR count). The summed E-state index contributed by atoms with van der Waals surface area (Å²) in [5, 5.41) is 12.4. The number of nitriles is 1. The van der Waals surface area contributed by atoms with Crippen LogP contribution < -0.4 is 20.1 Å². The maximum absolute atomic E-state index is 13.1. The monoisotopic (exact) mass is 501 g/mol. The number of methoxy groups -OCH3 is 1. The van der Waals surface area contributed by atoms with Crippen LogP contribution in [0.25, 0.3) is 11.6 Å². The summed E-state index contributed by atoms with van der Waals surface area (Å²) >= 11 is 4.52. The van der Waals surface area contributed by atoms with E-state index in [0.29, 0.717) is 34.5 Å². The number of hydrogen-bond donors (Lipinski definition) is 1. The predicted octanol–water partition coefficient (Wildman–Crippen LogP) is 2.12. The average Bonchev–Trinajstić information content (AvgIpc) is 3.39. The molecule has 3 aromatic rings. The minimum atomic E-state index is -0.559. The zero-order valence-corrected chi connectivity index (χ0v) is 19.2. The highest BCUT2D eigenvalue weighted by Crippen LogP contribution is 2.10. The average molecular weight is 502 g/mol. The van der Waals surface area contributed by atoms with E-state index in [0.717, 1.165) is 21.4 Å². The third-order valence-corrected chi connectivity index (χ3v) is 6.02. The third-order valence-electron chi connectivity index (χ3n) is 4.36. The molecular formula is C22H20BrN3O4S. The van der Waals surface area contributed by atoms with Gasteiger partial charge >= 0.3 is 0 Å². The summed E-state index contributed by atoms with van der Waals surface area (Å²) in [5.74, 6) is 0.00870. The Morgan fingerprint density at radius 1 is 1.35 bits per heavy atom. The molecule has 2 aromatic heterocycles. The van der Waals surface area contributed by atoms with E-state index in [4.69, 9.17) is 9.15 Å². The number of furan rings is 1. The van der Waals surface area contributed by atoms with Gasteiger partial charge in [-0.05, 0) is 42.3 Å². The van der Waals surface area contributed by atoms with Crippen LogP contribution in [0.3, 0.4) is 0 Å². The Labute approximate surface area is 191 Å². The van der Waals surface area contributed by atoms with Crippen LogP contribution in [0.1, 0.15) is 17.7 Å². The van der Waals surface area contributed by atoms with Crippen LogP contribution in [0.15, 0.2) is 56.3 Å². The summed E-state index contributed by atoms with van der Waals surface area (Å²) in [6.45, 7) is 0.942. The summed E-state index contributed by atoms with van der Waals surface area (Å²) in [5.41, 5.74) is 0.491. The van der Waals surface area contributed by atoms with Crippen LogP contribution in [0, 0.1) is 11.3 Å². The number of nitrogens with zero attached hydrogens (tertiary/aromatic N) is 2.